The summed E-state index contributed by atoms with van der Waals surface area (Å²) in [5, 5.41) is 0.639. The van der Waals surface area contributed by atoms with Crippen molar-refractivity contribution in [3.05, 3.63) is 63.1 Å². The molecule has 0 saturated carbocycles. The van der Waals surface area contributed by atoms with Crippen LogP contribution >= 0.6 is 27.5 Å². The molecule has 2 aromatic rings. The topological polar surface area (TPSA) is 20.3 Å². The molecule has 20 heavy (non-hydrogen) atoms. The molecule has 3 rings (SSSR count). The molecular formula is C16H13BrClNO. The first-order valence-electron chi connectivity index (χ1n) is 6.44. The average molecular weight is 351 g/mol. The first-order valence-corrected chi connectivity index (χ1v) is 7.61. The van der Waals surface area contributed by atoms with Gasteiger partial charge in [0.1, 0.15) is 0 Å². The van der Waals surface area contributed by atoms with E-state index in [-0.39, 0.29) is 11.9 Å². The van der Waals surface area contributed by atoms with Crippen LogP contribution in [0.15, 0.2) is 46.9 Å². The molecule has 0 spiro atoms. The van der Waals surface area contributed by atoms with E-state index in [2.05, 4.69) is 28.9 Å². The summed E-state index contributed by atoms with van der Waals surface area (Å²) in [6, 6.07) is 13.3. The third-order valence-electron chi connectivity index (χ3n) is 3.57. The first-order chi connectivity index (χ1) is 9.56. The number of nitrogens with zero attached hydrogens (tertiary/aromatic N) is 1. The molecule has 2 aromatic carbocycles. The zero-order valence-corrected chi connectivity index (χ0v) is 13.3. The van der Waals surface area contributed by atoms with Crippen LogP contribution < -0.4 is 4.90 Å². The van der Waals surface area contributed by atoms with Crippen molar-refractivity contribution in [2.75, 3.05) is 4.90 Å². The highest BCUT2D eigenvalue weighted by Gasteiger charge is 2.31. The molecule has 102 valence electrons. The van der Waals surface area contributed by atoms with Gasteiger partial charge < -0.3 is 4.90 Å². The maximum Gasteiger partial charge on any atom is 0.258 e. The highest BCUT2D eigenvalue weighted by molar-refractivity contribution is 9.10. The number of hydrogen-bond acceptors (Lipinski definition) is 1. The van der Waals surface area contributed by atoms with Crippen LogP contribution in [-0.2, 0) is 6.42 Å². The number of anilines is 1. The maximum atomic E-state index is 12.7. The molecule has 1 heterocycles. The van der Waals surface area contributed by atoms with Crippen molar-refractivity contribution in [1.82, 2.24) is 0 Å². The van der Waals surface area contributed by atoms with E-state index in [9.17, 15) is 4.79 Å². The smallest absolute Gasteiger partial charge is 0.258 e. The molecule has 0 radical (unpaired) electrons. The fourth-order valence-electron chi connectivity index (χ4n) is 2.64. The largest absolute Gasteiger partial charge is 0.305 e. The second kappa shape index (κ2) is 5.23. The number of hydrogen-bond donors (Lipinski definition) is 0. The first kappa shape index (κ1) is 13.7. The van der Waals surface area contributed by atoms with E-state index in [1.54, 1.807) is 24.3 Å². The summed E-state index contributed by atoms with van der Waals surface area (Å²) in [5.74, 6) is 0.0234. The molecule has 1 amide bonds. The monoisotopic (exact) mass is 349 g/mol. The molecule has 0 fully saturated rings. The van der Waals surface area contributed by atoms with Gasteiger partial charge in [0.2, 0.25) is 0 Å². The Morgan fingerprint density at radius 3 is 2.65 bits per heavy atom. The van der Waals surface area contributed by atoms with Crippen LogP contribution in [0.3, 0.4) is 0 Å². The predicted molar refractivity (Wildman–Crippen MR) is 85.6 cm³/mol. The maximum absolute atomic E-state index is 12.7. The second-order valence-electron chi connectivity index (χ2n) is 5.01. The number of carbonyl (C=O) groups is 1. The van der Waals surface area contributed by atoms with Gasteiger partial charge in [0.15, 0.2) is 0 Å². The number of fused-ring (bicyclic) bond motifs is 1. The van der Waals surface area contributed by atoms with Crippen molar-refractivity contribution in [1.29, 1.82) is 0 Å². The van der Waals surface area contributed by atoms with Crippen LogP contribution in [0.2, 0.25) is 5.02 Å². The van der Waals surface area contributed by atoms with Crippen LogP contribution in [0.4, 0.5) is 5.69 Å². The molecule has 4 heteroatoms. The van der Waals surface area contributed by atoms with Gasteiger partial charge in [0, 0.05) is 26.8 Å². The lowest BCUT2D eigenvalue weighted by Crippen LogP contribution is -2.35. The molecule has 0 N–H and O–H groups in total. The highest BCUT2D eigenvalue weighted by Crippen LogP contribution is 2.35. The van der Waals surface area contributed by atoms with Gasteiger partial charge in [-0.3, -0.25) is 4.79 Å². The highest BCUT2D eigenvalue weighted by atomic mass is 79.9. The lowest BCUT2D eigenvalue weighted by Gasteiger charge is -2.22. The molecule has 1 atom stereocenters. The minimum atomic E-state index is 0.0234. The Labute approximate surface area is 131 Å². The summed E-state index contributed by atoms with van der Waals surface area (Å²) in [6.07, 6.45) is 0.883. The second-order valence-corrected chi connectivity index (χ2v) is 6.36. The standard InChI is InChI=1S/C16H13BrClNO/c1-10-8-12-9-13(17)4-7-15(12)19(10)16(20)11-2-5-14(18)6-3-11/h2-7,9-10H,8H2,1H3/t10-/m0/s1. The van der Waals surface area contributed by atoms with Crippen LogP contribution in [0.1, 0.15) is 22.8 Å². The summed E-state index contributed by atoms with van der Waals surface area (Å²) in [6.45, 7) is 2.07. The van der Waals surface area contributed by atoms with E-state index in [1.165, 1.54) is 5.56 Å². The SMILES string of the molecule is C[C@H]1Cc2cc(Br)ccc2N1C(=O)c1ccc(Cl)cc1. The summed E-state index contributed by atoms with van der Waals surface area (Å²) < 4.78 is 1.05. The lowest BCUT2D eigenvalue weighted by molar-refractivity contribution is 0.0981. The summed E-state index contributed by atoms with van der Waals surface area (Å²) in [4.78, 5) is 14.6. The Balaban J connectivity index is 1.98. The van der Waals surface area contributed by atoms with Crippen molar-refractivity contribution in [2.45, 2.75) is 19.4 Å². The van der Waals surface area contributed by atoms with Crippen LogP contribution in [0.5, 0.6) is 0 Å². The molecular weight excluding hydrogens is 338 g/mol. The Bertz CT molecular complexity index is 669. The van der Waals surface area contributed by atoms with Crippen molar-refractivity contribution in [3.63, 3.8) is 0 Å². The van der Waals surface area contributed by atoms with Crippen LogP contribution in [0.25, 0.3) is 0 Å². The van der Waals surface area contributed by atoms with Gasteiger partial charge in [0.05, 0.1) is 0 Å². The summed E-state index contributed by atoms with van der Waals surface area (Å²) in [5.41, 5.74) is 2.87. The summed E-state index contributed by atoms with van der Waals surface area (Å²) >= 11 is 9.35. The van der Waals surface area contributed by atoms with Gasteiger partial charge in [-0.05, 0) is 61.4 Å². The van der Waals surface area contributed by atoms with Gasteiger partial charge in [0.25, 0.3) is 5.91 Å². The van der Waals surface area contributed by atoms with E-state index in [0.29, 0.717) is 10.6 Å². The van der Waals surface area contributed by atoms with Gasteiger partial charge in [-0.25, -0.2) is 0 Å². The van der Waals surface area contributed by atoms with E-state index in [0.717, 1.165) is 16.6 Å². The quantitative estimate of drug-likeness (QED) is 0.730. The third-order valence-corrected chi connectivity index (χ3v) is 4.31. The van der Waals surface area contributed by atoms with Crippen LogP contribution in [-0.4, -0.2) is 11.9 Å². The Morgan fingerprint density at radius 2 is 1.95 bits per heavy atom. The molecule has 0 bridgehead atoms. The van der Waals surface area contributed by atoms with E-state index < -0.39 is 0 Å². The zero-order valence-electron chi connectivity index (χ0n) is 10.9. The molecule has 0 aromatic heterocycles. The Hall–Kier alpha value is -1.32. The molecule has 0 unspecified atom stereocenters. The number of amides is 1. The average Bonchev–Trinajstić information content (AvgIpc) is 2.73. The molecule has 1 aliphatic rings. The zero-order chi connectivity index (χ0) is 14.3. The van der Waals surface area contributed by atoms with Crippen molar-refractivity contribution >= 4 is 39.1 Å². The minimum absolute atomic E-state index is 0.0234. The van der Waals surface area contributed by atoms with Gasteiger partial charge in [-0.1, -0.05) is 27.5 Å². The fourth-order valence-corrected chi connectivity index (χ4v) is 3.18. The normalized spacial score (nSPS) is 17.1. The van der Waals surface area contributed by atoms with Crippen molar-refractivity contribution in [2.24, 2.45) is 0 Å². The number of halogens is 2. The number of benzene rings is 2. The Kier molecular flexibility index (Phi) is 3.57. The molecule has 1 aliphatic heterocycles. The lowest BCUT2D eigenvalue weighted by atomic mass is 10.1. The number of carbonyl (C=O) groups excluding carboxylic acids is 1. The molecule has 0 aliphatic carbocycles. The molecule has 0 saturated heterocycles. The van der Waals surface area contributed by atoms with Gasteiger partial charge in [-0.2, -0.15) is 0 Å². The fraction of sp³-hybridized carbons (Fsp3) is 0.188. The molecule has 2 nitrogen and oxygen atoms in total. The van der Waals surface area contributed by atoms with Crippen molar-refractivity contribution < 1.29 is 4.79 Å². The third kappa shape index (κ3) is 2.36. The van der Waals surface area contributed by atoms with Crippen LogP contribution in [0, 0.1) is 0 Å². The van der Waals surface area contributed by atoms with Gasteiger partial charge in [-0.15, -0.1) is 0 Å². The predicted octanol–water partition coefficient (Wildman–Crippen LogP) is 4.69. The number of rotatable bonds is 1. The van der Waals surface area contributed by atoms with E-state index >= 15 is 0 Å². The summed E-state index contributed by atoms with van der Waals surface area (Å²) in [7, 11) is 0. The van der Waals surface area contributed by atoms with Crippen molar-refractivity contribution in [3.8, 4) is 0 Å². The Morgan fingerprint density at radius 1 is 1.25 bits per heavy atom. The van der Waals surface area contributed by atoms with E-state index in [1.807, 2.05) is 17.0 Å². The minimum Gasteiger partial charge on any atom is -0.305 e. The van der Waals surface area contributed by atoms with Gasteiger partial charge >= 0.3 is 0 Å². The van der Waals surface area contributed by atoms with E-state index in [4.69, 9.17) is 11.6 Å².